The van der Waals surface area contributed by atoms with Crippen molar-refractivity contribution in [3.8, 4) is 0 Å². The van der Waals surface area contributed by atoms with Crippen LogP contribution in [0.1, 0.15) is 24.5 Å². The van der Waals surface area contributed by atoms with Crippen LogP contribution in [-0.2, 0) is 6.54 Å². The number of carbonyl (C=O) groups excluding carboxylic acids is 1. The number of carbonyl (C=O) groups is 1. The van der Waals surface area contributed by atoms with E-state index in [2.05, 4.69) is 15.6 Å². The fourth-order valence-electron chi connectivity index (χ4n) is 2.30. The maximum Gasteiger partial charge on any atom is 0.319 e. The average molecular weight is 367 g/mol. The van der Waals surface area contributed by atoms with Crippen LogP contribution in [0.5, 0.6) is 0 Å². The molecule has 0 bridgehead atoms. The number of nitrogens with one attached hydrogen (secondary N) is 2. The van der Waals surface area contributed by atoms with E-state index in [1.54, 1.807) is 24.3 Å². The number of benzene rings is 1. The van der Waals surface area contributed by atoms with Gasteiger partial charge in [0.1, 0.15) is 0 Å². The molecule has 24 heavy (non-hydrogen) atoms. The SMILES string of the molecule is O=C(NCCn1cnc(C2CC2)cc1=O)Nc1cc(Cl)cc(Cl)c1. The number of hydrogen-bond acceptors (Lipinski definition) is 3. The highest BCUT2D eigenvalue weighted by molar-refractivity contribution is 6.35. The summed E-state index contributed by atoms with van der Waals surface area (Å²) >= 11 is 11.7. The van der Waals surface area contributed by atoms with E-state index >= 15 is 0 Å². The summed E-state index contributed by atoms with van der Waals surface area (Å²) in [6.07, 6.45) is 3.74. The zero-order valence-electron chi connectivity index (χ0n) is 12.8. The largest absolute Gasteiger partial charge is 0.336 e. The molecule has 1 aromatic carbocycles. The van der Waals surface area contributed by atoms with Gasteiger partial charge >= 0.3 is 6.03 Å². The van der Waals surface area contributed by atoms with Gasteiger partial charge in [0.05, 0.1) is 12.0 Å². The van der Waals surface area contributed by atoms with Crippen molar-refractivity contribution >= 4 is 34.9 Å². The molecule has 1 heterocycles. The lowest BCUT2D eigenvalue weighted by Gasteiger charge is -2.10. The summed E-state index contributed by atoms with van der Waals surface area (Å²) in [7, 11) is 0. The molecule has 1 aliphatic carbocycles. The third kappa shape index (κ3) is 4.49. The van der Waals surface area contributed by atoms with E-state index in [9.17, 15) is 9.59 Å². The van der Waals surface area contributed by atoms with Gasteiger partial charge in [-0.2, -0.15) is 0 Å². The van der Waals surface area contributed by atoms with E-state index in [1.165, 1.54) is 10.9 Å². The molecule has 0 unspecified atom stereocenters. The molecule has 2 amide bonds. The monoisotopic (exact) mass is 366 g/mol. The van der Waals surface area contributed by atoms with Crippen molar-refractivity contribution in [1.29, 1.82) is 0 Å². The number of halogens is 2. The van der Waals surface area contributed by atoms with Crippen LogP contribution in [0.4, 0.5) is 10.5 Å². The van der Waals surface area contributed by atoms with E-state index in [0.717, 1.165) is 18.5 Å². The van der Waals surface area contributed by atoms with Crippen LogP contribution in [0.3, 0.4) is 0 Å². The first-order valence-corrected chi connectivity index (χ1v) is 8.34. The molecular formula is C16H16Cl2N4O2. The highest BCUT2D eigenvalue weighted by Gasteiger charge is 2.25. The second-order valence-electron chi connectivity index (χ2n) is 5.66. The predicted octanol–water partition coefficient (Wildman–Crippen LogP) is 3.25. The Kier molecular flexibility index (Phi) is 5.06. The van der Waals surface area contributed by atoms with Crippen molar-refractivity contribution in [3.63, 3.8) is 0 Å². The molecule has 2 N–H and O–H groups in total. The summed E-state index contributed by atoms with van der Waals surface area (Å²) in [4.78, 5) is 28.1. The Morgan fingerprint density at radius 1 is 1.21 bits per heavy atom. The van der Waals surface area contributed by atoms with Crippen LogP contribution in [0.25, 0.3) is 0 Å². The van der Waals surface area contributed by atoms with Crippen LogP contribution >= 0.6 is 23.2 Å². The standard InChI is InChI=1S/C16H16Cl2N4O2/c17-11-5-12(18)7-13(6-11)21-16(24)19-3-4-22-9-20-14(8-15(22)23)10-1-2-10/h5-10H,1-4H2,(H2,19,21,24). The summed E-state index contributed by atoms with van der Waals surface area (Å²) < 4.78 is 1.47. The van der Waals surface area contributed by atoms with Gasteiger partial charge in [-0.1, -0.05) is 23.2 Å². The molecule has 8 heteroatoms. The fraction of sp³-hybridized carbons (Fsp3) is 0.312. The summed E-state index contributed by atoms with van der Waals surface area (Å²) in [5.74, 6) is 0.445. The molecule has 0 atom stereocenters. The van der Waals surface area contributed by atoms with Crippen molar-refractivity contribution < 1.29 is 4.79 Å². The topological polar surface area (TPSA) is 76.0 Å². The van der Waals surface area contributed by atoms with Gasteiger partial charge in [0, 0.05) is 40.8 Å². The first kappa shape index (κ1) is 16.8. The van der Waals surface area contributed by atoms with E-state index < -0.39 is 6.03 Å². The minimum Gasteiger partial charge on any atom is -0.336 e. The molecule has 0 radical (unpaired) electrons. The molecule has 3 rings (SSSR count). The highest BCUT2D eigenvalue weighted by Crippen LogP contribution is 2.38. The zero-order chi connectivity index (χ0) is 17.1. The number of hydrogen-bond donors (Lipinski definition) is 2. The van der Waals surface area contributed by atoms with E-state index in [1.807, 2.05) is 0 Å². The third-order valence-electron chi connectivity index (χ3n) is 3.65. The van der Waals surface area contributed by atoms with Crippen molar-refractivity contribution in [2.45, 2.75) is 25.3 Å². The molecule has 6 nitrogen and oxygen atoms in total. The lowest BCUT2D eigenvalue weighted by atomic mass is 10.3. The van der Waals surface area contributed by atoms with E-state index in [-0.39, 0.29) is 5.56 Å². The number of aromatic nitrogens is 2. The van der Waals surface area contributed by atoms with Crippen LogP contribution in [-0.4, -0.2) is 22.1 Å². The second kappa shape index (κ2) is 7.23. The molecule has 1 aliphatic rings. The van der Waals surface area contributed by atoms with Gasteiger partial charge in [-0.15, -0.1) is 0 Å². The van der Waals surface area contributed by atoms with Gasteiger partial charge in [0.2, 0.25) is 0 Å². The fourth-order valence-corrected chi connectivity index (χ4v) is 2.83. The predicted molar refractivity (Wildman–Crippen MR) is 94.0 cm³/mol. The number of amides is 2. The Bertz CT molecular complexity index is 798. The third-order valence-corrected chi connectivity index (χ3v) is 4.09. The van der Waals surface area contributed by atoms with Crippen molar-refractivity contribution in [2.75, 3.05) is 11.9 Å². The molecule has 2 aromatic rings. The van der Waals surface area contributed by atoms with Crippen LogP contribution in [0.2, 0.25) is 10.0 Å². The summed E-state index contributed by atoms with van der Waals surface area (Å²) in [6.45, 7) is 0.644. The normalized spacial score (nSPS) is 13.6. The Morgan fingerprint density at radius 3 is 2.54 bits per heavy atom. The Morgan fingerprint density at radius 2 is 1.92 bits per heavy atom. The lowest BCUT2D eigenvalue weighted by molar-refractivity contribution is 0.251. The molecular weight excluding hydrogens is 351 g/mol. The maximum atomic E-state index is 12.0. The van der Waals surface area contributed by atoms with Gasteiger partial charge in [-0.3, -0.25) is 9.36 Å². The second-order valence-corrected chi connectivity index (χ2v) is 6.53. The highest BCUT2D eigenvalue weighted by atomic mass is 35.5. The van der Waals surface area contributed by atoms with Gasteiger partial charge in [-0.05, 0) is 31.0 Å². The minimum absolute atomic E-state index is 0.101. The van der Waals surface area contributed by atoms with Crippen LogP contribution in [0.15, 0.2) is 35.4 Å². The average Bonchev–Trinajstić information content (AvgIpc) is 3.32. The first-order valence-electron chi connectivity index (χ1n) is 7.58. The summed E-state index contributed by atoms with van der Waals surface area (Å²) in [5, 5.41) is 6.18. The van der Waals surface area contributed by atoms with Crippen molar-refractivity contribution in [1.82, 2.24) is 14.9 Å². The zero-order valence-corrected chi connectivity index (χ0v) is 14.3. The smallest absolute Gasteiger partial charge is 0.319 e. The maximum absolute atomic E-state index is 12.0. The van der Waals surface area contributed by atoms with Crippen LogP contribution < -0.4 is 16.2 Å². The van der Waals surface area contributed by atoms with Gasteiger partial charge in [0.25, 0.3) is 5.56 Å². The number of rotatable bonds is 5. The summed E-state index contributed by atoms with van der Waals surface area (Å²) in [6, 6.07) is 5.95. The van der Waals surface area contributed by atoms with Gasteiger partial charge in [0.15, 0.2) is 0 Å². The molecule has 1 saturated carbocycles. The number of anilines is 1. The molecule has 0 aliphatic heterocycles. The Labute approximate surface area is 148 Å². The van der Waals surface area contributed by atoms with Crippen molar-refractivity contribution in [3.05, 3.63) is 56.7 Å². The lowest BCUT2D eigenvalue weighted by Crippen LogP contribution is -2.33. The van der Waals surface area contributed by atoms with E-state index in [0.29, 0.717) is 34.7 Å². The number of urea groups is 1. The van der Waals surface area contributed by atoms with E-state index in [4.69, 9.17) is 23.2 Å². The van der Waals surface area contributed by atoms with Gasteiger partial charge in [-0.25, -0.2) is 9.78 Å². The Hall–Kier alpha value is -2.05. The van der Waals surface area contributed by atoms with Gasteiger partial charge < -0.3 is 10.6 Å². The molecule has 126 valence electrons. The quantitative estimate of drug-likeness (QED) is 0.852. The first-order chi connectivity index (χ1) is 11.5. The number of nitrogens with zero attached hydrogens (tertiary/aromatic N) is 2. The molecule has 0 spiro atoms. The van der Waals surface area contributed by atoms with Crippen molar-refractivity contribution in [2.24, 2.45) is 0 Å². The minimum atomic E-state index is -0.399. The molecule has 1 fully saturated rings. The Balaban J connectivity index is 1.50. The summed E-state index contributed by atoms with van der Waals surface area (Å²) in [5.41, 5.74) is 1.26. The molecule has 0 saturated heterocycles. The molecule has 1 aromatic heterocycles. The van der Waals surface area contributed by atoms with Crippen LogP contribution in [0, 0.1) is 0 Å².